The summed E-state index contributed by atoms with van der Waals surface area (Å²) in [5.41, 5.74) is 1.18. The predicted molar refractivity (Wildman–Crippen MR) is 58.7 cm³/mol. The van der Waals surface area contributed by atoms with Crippen LogP contribution in [-0.2, 0) is 5.88 Å². The van der Waals surface area contributed by atoms with Gasteiger partial charge in [-0.15, -0.1) is 11.6 Å². The average molecular weight is 187 g/mol. The molecule has 0 aliphatic carbocycles. The number of benzene rings is 1. The van der Waals surface area contributed by atoms with E-state index >= 15 is 0 Å². The standard InChI is InChI=1S/C7H7Cl.2C2H6/c8-6-7-4-2-1-3-5-7;2*1-2/h1-5H,6H2;2*1-2H3. The van der Waals surface area contributed by atoms with Gasteiger partial charge >= 0.3 is 0 Å². The molecule has 1 rings (SSSR count). The Hall–Kier alpha value is -0.490. The van der Waals surface area contributed by atoms with Crippen molar-refractivity contribution in [1.82, 2.24) is 0 Å². The highest BCUT2D eigenvalue weighted by Gasteiger charge is 1.81. The molecule has 0 aliphatic heterocycles. The smallest absolute Gasteiger partial charge is 0.0474 e. The van der Waals surface area contributed by atoms with Gasteiger partial charge < -0.3 is 0 Å². The minimum Gasteiger partial charge on any atom is -0.122 e. The summed E-state index contributed by atoms with van der Waals surface area (Å²) in [6.45, 7) is 8.00. The summed E-state index contributed by atoms with van der Waals surface area (Å²) >= 11 is 5.53. The van der Waals surface area contributed by atoms with Gasteiger partial charge in [0, 0.05) is 5.88 Å². The minimum absolute atomic E-state index is 0.612. The quantitative estimate of drug-likeness (QED) is 0.568. The van der Waals surface area contributed by atoms with Crippen LogP contribution in [0, 0.1) is 0 Å². The zero-order chi connectivity index (χ0) is 9.82. The third kappa shape index (κ3) is 7.62. The molecule has 0 atom stereocenters. The van der Waals surface area contributed by atoms with E-state index in [9.17, 15) is 0 Å². The molecule has 0 fully saturated rings. The summed E-state index contributed by atoms with van der Waals surface area (Å²) < 4.78 is 0. The Balaban J connectivity index is 0. The second-order valence-electron chi connectivity index (χ2n) is 1.62. The monoisotopic (exact) mass is 186 g/mol. The van der Waals surface area contributed by atoms with E-state index in [4.69, 9.17) is 11.6 Å². The zero-order valence-electron chi connectivity index (χ0n) is 8.47. The molecular formula is C11H19Cl. The molecule has 1 aromatic rings. The molecule has 0 unspecified atom stereocenters. The highest BCUT2D eigenvalue weighted by molar-refractivity contribution is 6.17. The van der Waals surface area contributed by atoms with Crippen LogP contribution in [0.3, 0.4) is 0 Å². The van der Waals surface area contributed by atoms with Crippen molar-refractivity contribution in [1.29, 1.82) is 0 Å². The lowest BCUT2D eigenvalue weighted by atomic mass is 10.2. The molecule has 70 valence electrons. The van der Waals surface area contributed by atoms with Crippen LogP contribution >= 0.6 is 11.6 Å². The fourth-order valence-electron chi connectivity index (χ4n) is 0.567. The van der Waals surface area contributed by atoms with E-state index in [1.807, 2.05) is 58.0 Å². The summed E-state index contributed by atoms with van der Waals surface area (Å²) in [6, 6.07) is 9.96. The summed E-state index contributed by atoms with van der Waals surface area (Å²) in [6.07, 6.45) is 0. The van der Waals surface area contributed by atoms with Crippen LogP contribution in [0.4, 0.5) is 0 Å². The normalized spacial score (nSPS) is 7.08. The molecular weight excluding hydrogens is 168 g/mol. The Labute approximate surface area is 81.6 Å². The number of rotatable bonds is 1. The van der Waals surface area contributed by atoms with Gasteiger partial charge in [-0.1, -0.05) is 58.0 Å². The van der Waals surface area contributed by atoms with Crippen molar-refractivity contribution in [3.8, 4) is 0 Å². The van der Waals surface area contributed by atoms with E-state index in [1.54, 1.807) is 0 Å². The van der Waals surface area contributed by atoms with E-state index in [0.29, 0.717) is 5.88 Å². The lowest BCUT2D eigenvalue weighted by Crippen LogP contribution is -1.71. The van der Waals surface area contributed by atoms with Gasteiger partial charge in [-0.05, 0) is 5.56 Å². The lowest BCUT2D eigenvalue weighted by molar-refractivity contribution is 1.41. The molecule has 0 aliphatic rings. The van der Waals surface area contributed by atoms with Crippen molar-refractivity contribution in [3.63, 3.8) is 0 Å². The first-order valence-corrected chi connectivity index (χ1v) is 5.07. The van der Waals surface area contributed by atoms with Crippen LogP contribution in [0.2, 0.25) is 0 Å². The average Bonchev–Trinajstić information content (AvgIpc) is 2.25. The maximum absolute atomic E-state index is 5.53. The molecule has 0 aromatic heterocycles. The van der Waals surface area contributed by atoms with Gasteiger partial charge in [0.05, 0.1) is 0 Å². The summed E-state index contributed by atoms with van der Waals surface area (Å²) in [7, 11) is 0. The number of alkyl halides is 1. The van der Waals surface area contributed by atoms with Gasteiger partial charge in [0.25, 0.3) is 0 Å². The zero-order valence-corrected chi connectivity index (χ0v) is 9.23. The highest BCUT2D eigenvalue weighted by atomic mass is 35.5. The number of halogens is 1. The van der Waals surface area contributed by atoms with Crippen molar-refractivity contribution in [2.45, 2.75) is 33.6 Å². The van der Waals surface area contributed by atoms with Crippen LogP contribution in [0.1, 0.15) is 33.3 Å². The lowest BCUT2D eigenvalue weighted by Gasteiger charge is -1.88. The molecule has 0 spiro atoms. The molecule has 0 bridgehead atoms. The Kier molecular flexibility index (Phi) is 15.4. The molecule has 0 nitrogen and oxygen atoms in total. The third-order valence-electron chi connectivity index (χ3n) is 0.997. The molecule has 1 heteroatoms. The van der Waals surface area contributed by atoms with E-state index in [1.165, 1.54) is 5.56 Å². The van der Waals surface area contributed by atoms with E-state index in [-0.39, 0.29) is 0 Å². The van der Waals surface area contributed by atoms with Crippen molar-refractivity contribution in [2.24, 2.45) is 0 Å². The van der Waals surface area contributed by atoms with Crippen molar-refractivity contribution < 1.29 is 0 Å². The van der Waals surface area contributed by atoms with Crippen LogP contribution < -0.4 is 0 Å². The number of hydrogen-bond donors (Lipinski definition) is 0. The maximum Gasteiger partial charge on any atom is 0.0474 e. The molecule has 0 radical (unpaired) electrons. The first kappa shape index (κ1) is 14.1. The third-order valence-corrected chi connectivity index (χ3v) is 1.31. The van der Waals surface area contributed by atoms with Crippen molar-refractivity contribution in [2.75, 3.05) is 0 Å². The van der Waals surface area contributed by atoms with E-state index in [2.05, 4.69) is 0 Å². The van der Waals surface area contributed by atoms with Gasteiger partial charge in [0.2, 0.25) is 0 Å². The van der Waals surface area contributed by atoms with Gasteiger partial charge in [-0.25, -0.2) is 0 Å². The number of hydrogen-bond acceptors (Lipinski definition) is 0. The van der Waals surface area contributed by atoms with Crippen molar-refractivity contribution >= 4 is 11.6 Å². The first-order valence-electron chi connectivity index (χ1n) is 4.53. The fourth-order valence-corrected chi connectivity index (χ4v) is 0.745. The topological polar surface area (TPSA) is 0 Å². The molecule has 0 saturated heterocycles. The highest BCUT2D eigenvalue weighted by Crippen LogP contribution is 2.00. The van der Waals surface area contributed by atoms with E-state index < -0.39 is 0 Å². The summed E-state index contributed by atoms with van der Waals surface area (Å²) in [5.74, 6) is 0.612. The molecule has 12 heavy (non-hydrogen) atoms. The Bertz CT molecular complexity index is 146. The fraction of sp³-hybridized carbons (Fsp3) is 0.455. The predicted octanol–water partition coefficient (Wildman–Crippen LogP) is 4.48. The van der Waals surface area contributed by atoms with Crippen molar-refractivity contribution in [3.05, 3.63) is 35.9 Å². The second-order valence-corrected chi connectivity index (χ2v) is 1.89. The first-order chi connectivity index (χ1) is 5.93. The van der Waals surface area contributed by atoms with Gasteiger partial charge in [-0.3, -0.25) is 0 Å². The summed E-state index contributed by atoms with van der Waals surface area (Å²) in [4.78, 5) is 0. The van der Waals surface area contributed by atoms with Crippen LogP contribution in [0.15, 0.2) is 30.3 Å². The van der Waals surface area contributed by atoms with Gasteiger partial charge in [-0.2, -0.15) is 0 Å². The Morgan fingerprint density at radius 3 is 1.58 bits per heavy atom. The van der Waals surface area contributed by atoms with Crippen LogP contribution in [-0.4, -0.2) is 0 Å². The molecule has 0 N–H and O–H groups in total. The van der Waals surface area contributed by atoms with Crippen LogP contribution in [0.5, 0.6) is 0 Å². The SMILES string of the molecule is CC.CC.ClCc1ccccc1. The Morgan fingerprint density at radius 2 is 1.33 bits per heavy atom. The maximum atomic E-state index is 5.53. The van der Waals surface area contributed by atoms with Crippen LogP contribution in [0.25, 0.3) is 0 Å². The minimum atomic E-state index is 0.612. The molecule has 0 saturated carbocycles. The second kappa shape index (κ2) is 13.1. The molecule has 0 amide bonds. The van der Waals surface area contributed by atoms with Gasteiger partial charge in [0.15, 0.2) is 0 Å². The largest absolute Gasteiger partial charge is 0.122 e. The molecule has 0 heterocycles. The van der Waals surface area contributed by atoms with E-state index in [0.717, 1.165) is 0 Å². The molecule has 1 aromatic carbocycles. The van der Waals surface area contributed by atoms with Gasteiger partial charge in [0.1, 0.15) is 0 Å². The summed E-state index contributed by atoms with van der Waals surface area (Å²) in [5, 5.41) is 0. The Morgan fingerprint density at radius 1 is 0.917 bits per heavy atom.